The molecule has 0 aliphatic rings. The molecule has 4 nitrogen and oxygen atoms in total. The zero-order valence-corrected chi connectivity index (χ0v) is 14.1. The quantitative estimate of drug-likeness (QED) is 0.730. The van der Waals surface area contributed by atoms with Crippen LogP contribution in [0.25, 0.3) is 11.3 Å². The van der Waals surface area contributed by atoms with E-state index in [1.54, 1.807) is 6.07 Å². The number of nitrogens with one attached hydrogen (secondary N) is 1. The first-order valence-corrected chi connectivity index (χ1v) is 7.98. The predicted octanol–water partition coefficient (Wildman–Crippen LogP) is 4.59. The van der Waals surface area contributed by atoms with Gasteiger partial charge in [0.15, 0.2) is 5.76 Å². The molecule has 0 fully saturated rings. The first kappa shape index (κ1) is 15.5. The number of aryl methyl sites for hydroxylation is 1. The molecule has 3 aromatic rings. The van der Waals surface area contributed by atoms with E-state index >= 15 is 0 Å². The van der Waals surface area contributed by atoms with Crippen molar-refractivity contribution in [1.82, 2.24) is 5.16 Å². The van der Waals surface area contributed by atoms with E-state index in [2.05, 4.69) is 26.4 Å². The number of anilines is 1. The number of halogens is 1. The normalized spacial score (nSPS) is 10.5. The van der Waals surface area contributed by atoms with E-state index in [1.807, 2.05) is 55.5 Å². The molecule has 0 saturated heterocycles. The summed E-state index contributed by atoms with van der Waals surface area (Å²) in [5.74, 6) is 0.535. The van der Waals surface area contributed by atoms with Crippen LogP contribution in [0, 0.1) is 6.92 Å². The summed E-state index contributed by atoms with van der Waals surface area (Å²) in [5.41, 5.74) is 3.38. The molecule has 0 atom stereocenters. The van der Waals surface area contributed by atoms with Gasteiger partial charge in [0, 0.05) is 21.8 Å². The molecule has 116 valence electrons. The molecule has 23 heavy (non-hydrogen) atoms. The van der Waals surface area contributed by atoms with Crippen molar-refractivity contribution < 1.29 is 9.32 Å². The van der Waals surface area contributed by atoms with E-state index < -0.39 is 0 Å². The molecule has 1 N–H and O–H groups in total. The lowest BCUT2D eigenvalue weighted by atomic mass is 10.1. The van der Waals surface area contributed by atoms with Crippen LogP contribution in [0.1, 0.15) is 11.3 Å². The van der Waals surface area contributed by atoms with Gasteiger partial charge in [0.05, 0.1) is 12.1 Å². The Morgan fingerprint density at radius 3 is 2.70 bits per heavy atom. The van der Waals surface area contributed by atoms with Gasteiger partial charge in [-0.2, -0.15) is 0 Å². The van der Waals surface area contributed by atoms with Gasteiger partial charge in [-0.05, 0) is 30.7 Å². The van der Waals surface area contributed by atoms with Gasteiger partial charge in [0.1, 0.15) is 0 Å². The van der Waals surface area contributed by atoms with Gasteiger partial charge in [0.25, 0.3) is 0 Å². The van der Waals surface area contributed by atoms with E-state index in [9.17, 15) is 4.79 Å². The first-order valence-electron chi connectivity index (χ1n) is 7.19. The van der Waals surface area contributed by atoms with Crippen LogP contribution in [-0.2, 0) is 11.2 Å². The summed E-state index contributed by atoms with van der Waals surface area (Å²) < 4.78 is 6.31. The Hall–Kier alpha value is -2.40. The van der Waals surface area contributed by atoms with Crippen LogP contribution in [0.15, 0.2) is 63.6 Å². The lowest BCUT2D eigenvalue weighted by molar-refractivity contribution is -0.115. The number of amides is 1. The third kappa shape index (κ3) is 3.87. The summed E-state index contributed by atoms with van der Waals surface area (Å²) in [5, 5.41) is 6.83. The van der Waals surface area contributed by atoms with Gasteiger partial charge in [-0.1, -0.05) is 51.4 Å². The Balaban J connectivity index is 1.66. The summed E-state index contributed by atoms with van der Waals surface area (Å²) in [6.07, 6.45) is 0.172. The fourth-order valence-corrected chi connectivity index (χ4v) is 2.47. The molecular formula is C18H15BrN2O2. The summed E-state index contributed by atoms with van der Waals surface area (Å²) >= 11 is 3.44. The maximum atomic E-state index is 12.1. The second-order valence-corrected chi connectivity index (χ2v) is 6.09. The molecule has 1 amide bonds. The number of aromatic nitrogens is 1. The van der Waals surface area contributed by atoms with E-state index in [1.165, 1.54) is 0 Å². The molecular weight excluding hydrogens is 356 g/mol. The number of rotatable bonds is 4. The van der Waals surface area contributed by atoms with Gasteiger partial charge in [-0.3, -0.25) is 4.79 Å². The number of hydrogen-bond acceptors (Lipinski definition) is 3. The average molecular weight is 371 g/mol. The van der Waals surface area contributed by atoms with E-state index in [-0.39, 0.29) is 12.3 Å². The summed E-state index contributed by atoms with van der Waals surface area (Å²) in [4.78, 5) is 12.1. The molecule has 0 radical (unpaired) electrons. The molecule has 0 bridgehead atoms. The molecule has 3 rings (SSSR count). The van der Waals surface area contributed by atoms with Crippen LogP contribution < -0.4 is 5.32 Å². The highest BCUT2D eigenvalue weighted by atomic mass is 79.9. The highest BCUT2D eigenvalue weighted by Crippen LogP contribution is 2.21. The van der Waals surface area contributed by atoms with Crippen molar-refractivity contribution in [3.63, 3.8) is 0 Å². The number of benzene rings is 2. The fourth-order valence-electron chi connectivity index (χ4n) is 2.23. The molecule has 0 unspecified atom stereocenters. The van der Waals surface area contributed by atoms with Gasteiger partial charge < -0.3 is 9.84 Å². The van der Waals surface area contributed by atoms with Gasteiger partial charge in [-0.15, -0.1) is 0 Å². The van der Waals surface area contributed by atoms with Crippen molar-refractivity contribution in [2.24, 2.45) is 0 Å². The molecule has 0 aliphatic heterocycles. The van der Waals surface area contributed by atoms with Crippen LogP contribution in [0.5, 0.6) is 0 Å². The van der Waals surface area contributed by atoms with Crippen molar-refractivity contribution in [1.29, 1.82) is 0 Å². The highest BCUT2D eigenvalue weighted by Gasteiger charge is 2.11. The van der Waals surface area contributed by atoms with Crippen molar-refractivity contribution >= 4 is 27.5 Å². The van der Waals surface area contributed by atoms with Crippen LogP contribution in [0.3, 0.4) is 0 Å². The Bertz CT molecular complexity index is 828. The smallest absolute Gasteiger partial charge is 0.230 e. The minimum absolute atomic E-state index is 0.125. The van der Waals surface area contributed by atoms with Gasteiger partial charge >= 0.3 is 0 Å². The maximum absolute atomic E-state index is 12.1. The van der Waals surface area contributed by atoms with Crippen LogP contribution in [-0.4, -0.2) is 11.1 Å². The second kappa shape index (κ2) is 6.79. The van der Waals surface area contributed by atoms with E-state index in [0.29, 0.717) is 11.5 Å². The molecule has 5 heteroatoms. The zero-order chi connectivity index (χ0) is 16.2. The van der Waals surface area contributed by atoms with Gasteiger partial charge in [0.2, 0.25) is 5.91 Å². The second-order valence-electron chi connectivity index (χ2n) is 5.24. The van der Waals surface area contributed by atoms with Crippen LogP contribution in [0.2, 0.25) is 0 Å². The molecule has 0 spiro atoms. The SMILES string of the molecule is Cc1cc(NC(=O)Cc2cc(-c3ccccc3)on2)ccc1Br. The molecule has 0 aliphatic carbocycles. The molecule has 1 aromatic heterocycles. The monoisotopic (exact) mass is 370 g/mol. The van der Waals surface area contributed by atoms with E-state index in [4.69, 9.17) is 4.52 Å². The van der Waals surface area contributed by atoms with E-state index in [0.717, 1.165) is 21.3 Å². The Morgan fingerprint density at radius 2 is 1.96 bits per heavy atom. The minimum Gasteiger partial charge on any atom is -0.356 e. The Labute approximate surface area is 142 Å². The van der Waals surface area contributed by atoms with Crippen LogP contribution in [0.4, 0.5) is 5.69 Å². The molecule has 0 saturated carbocycles. The topological polar surface area (TPSA) is 55.1 Å². The maximum Gasteiger partial charge on any atom is 0.230 e. The number of hydrogen-bond donors (Lipinski definition) is 1. The lowest BCUT2D eigenvalue weighted by Gasteiger charge is -2.06. The fraction of sp³-hybridized carbons (Fsp3) is 0.111. The van der Waals surface area contributed by atoms with Crippen molar-refractivity contribution in [2.45, 2.75) is 13.3 Å². The number of carbonyl (C=O) groups is 1. The summed E-state index contributed by atoms with van der Waals surface area (Å²) in [6.45, 7) is 1.98. The predicted molar refractivity (Wildman–Crippen MR) is 93.2 cm³/mol. The molecule has 2 aromatic carbocycles. The van der Waals surface area contributed by atoms with Crippen molar-refractivity contribution in [3.8, 4) is 11.3 Å². The summed E-state index contributed by atoms with van der Waals surface area (Å²) in [6, 6.07) is 17.2. The third-order valence-electron chi connectivity index (χ3n) is 3.40. The summed E-state index contributed by atoms with van der Waals surface area (Å²) in [7, 11) is 0. The van der Waals surface area contributed by atoms with Gasteiger partial charge in [-0.25, -0.2) is 0 Å². The third-order valence-corrected chi connectivity index (χ3v) is 4.29. The zero-order valence-electron chi connectivity index (χ0n) is 12.5. The Morgan fingerprint density at radius 1 is 1.17 bits per heavy atom. The highest BCUT2D eigenvalue weighted by molar-refractivity contribution is 9.10. The number of carbonyl (C=O) groups excluding carboxylic acids is 1. The lowest BCUT2D eigenvalue weighted by Crippen LogP contribution is -2.14. The van der Waals surface area contributed by atoms with Crippen LogP contribution >= 0.6 is 15.9 Å². The largest absolute Gasteiger partial charge is 0.356 e. The molecule has 1 heterocycles. The first-order chi connectivity index (χ1) is 11.1. The van der Waals surface area contributed by atoms with Crippen molar-refractivity contribution in [2.75, 3.05) is 5.32 Å². The standard InChI is InChI=1S/C18H15BrN2O2/c1-12-9-14(7-8-16(12)19)20-18(22)11-15-10-17(23-21-15)13-5-3-2-4-6-13/h2-10H,11H2,1H3,(H,20,22). The number of nitrogens with zero attached hydrogens (tertiary/aromatic N) is 1. The Kier molecular flexibility index (Phi) is 4.57. The average Bonchev–Trinajstić information content (AvgIpc) is 3.00. The minimum atomic E-state index is -0.125. The van der Waals surface area contributed by atoms with Crippen molar-refractivity contribution in [3.05, 3.63) is 70.3 Å².